The third-order valence-corrected chi connectivity index (χ3v) is 7.31. The van der Waals surface area contributed by atoms with Crippen LogP contribution < -0.4 is 5.32 Å². The number of carbonyl (C=O) groups is 3. The zero-order valence-electron chi connectivity index (χ0n) is 21.8. The molecule has 1 aliphatic rings. The Labute approximate surface area is 231 Å². The largest absolute Gasteiger partial charge is 0.480 e. The summed E-state index contributed by atoms with van der Waals surface area (Å²) < 4.78 is 5.47. The predicted molar refractivity (Wildman–Crippen MR) is 143 cm³/mol. The fourth-order valence-corrected chi connectivity index (χ4v) is 5.00. The number of hydrogen-bond donors (Lipinski definition) is 4. The van der Waals surface area contributed by atoms with E-state index in [1.807, 2.05) is 54.6 Å². The molecule has 1 aliphatic heterocycles. The topological polar surface area (TPSA) is 149 Å². The molecule has 0 spiro atoms. The molecule has 3 rings (SSSR count). The number of nitrogens with zero attached hydrogens (tertiary/aromatic N) is 2. The number of aliphatic carboxylic acids is 1. The van der Waals surface area contributed by atoms with Gasteiger partial charge in [-0.15, -0.1) is 0 Å². The number of hydrogen-bond acceptors (Lipinski definition) is 10. The number of ether oxygens (including phenoxy) is 1. The lowest BCUT2D eigenvalue weighted by Gasteiger charge is -2.37. The summed E-state index contributed by atoms with van der Waals surface area (Å²) in [7, 11) is 0. The Hall–Kier alpha value is -3.00. The van der Waals surface area contributed by atoms with E-state index >= 15 is 0 Å². The minimum Gasteiger partial charge on any atom is -0.480 e. The van der Waals surface area contributed by atoms with E-state index in [0.717, 1.165) is 16.7 Å². The number of carboxylic acid groups (broad SMARTS) is 1. The van der Waals surface area contributed by atoms with Crippen molar-refractivity contribution in [3.8, 4) is 0 Å². The van der Waals surface area contributed by atoms with Crippen LogP contribution in [0, 0.1) is 0 Å². The number of fused-ring (bicyclic) bond motifs is 1. The number of carboxylic acids is 1. The van der Waals surface area contributed by atoms with E-state index in [1.54, 1.807) is 6.92 Å². The first-order chi connectivity index (χ1) is 18.8. The number of rotatable bonds is 15. The van der Waals surface area contributed by atoms with Crippen LogP contribution in [0.15, 0.2) is 54.6 Å². The third kappa shape index (κ3) is 9.60. The summed E-state index contributed by atoms with van der Waals surface area (Å²) in [4.78, 5) is 44.5. The molecule has 3 unspecified atom stereocenters. The number of esters is 1. The maximum absolute atomic E-state index is 13.6. The molecule has 2 aromatic carbocycles. The van der Waals surface area contributed by atoms with E-state index in [-0.39, 0.29) is 31.1 Å². The maximum atomic E-state index is 13.6. The number of aryl methyl sites for hydroxylation is 1. The van der Waals surface area contributed by atoms with E-state index in [9.17, 15) is 19.5 Å². The number of benzene rings is 2. The molecule has 4 N–H and O–H groups in total. The van der Waals surface area contributed by atoms with Crippen LogP contribution in [0.1, 0.15) is 30.0 Å². The van der Waals surface area contributed by atoms with Gasteiger partial charge in [0.05, 0.1) is 18.0 Å². The molecule has 0 aromatic heterocycles. The summed E-state index contributed by atoms with van der Waals surface area (Å²) >= 11 is 1.40. The SMILES string of the molecule is CC(NC(CCc1ccccc1)C(=O)O)C(=O)N1Cc2ccccc2CC1C(=O)OCCSCCON(O)O. The van der Waals surface area contributed by atoms with Gasteiger partial charge in [-0.3, -0.25) is 25.3 Å². The highest BCUT2D eigenvalue weighted by Gasteiger charge is 2.38. The van der Waals surface area contributed by atoms with Gasteiger partial charge in [0.15, 0.2) is 0 Å². The fourth-order valence-electron chi connectivity index (χ4n) is 4.40. The molecule has 1 heterocycles. The lowest BCUT2D eigenvalue weighted by Crippen LogP contribution is -2.56. The monoisotopic (exact) mass is 561 g/mol. The molecule has 0 aliphatic carbocycles. The van der Waals surface area contributed by atoms with Crippen molar-refractivity contribution in [1.82, 2.24) is 15.6 Å². The summed E-state index contributed by atoms with van der Waals surface area (Å²) in [5, 5.41) is 29.4. The van der Waals surface area contributed by atoms with Crippen molar-refractivity contribution in [1.29, 1.82) is 0 Å². The maximum Gasteiger partial charge on any atom is 0.329 e. The van der Waals surface area contributed by atoms with E-state index in [1.165, 1.54) is 16.7 Å². The summed E-state index contributed by atoms with van der Waals surface area (Å²) in [6.07, 6.45) is 1.15. The normalized spacial score (nSPS) is 16.4. The molecule has 0 fully saturated rings. The van der Waals surface area contributed by atoms with Crippen molar-refractivity contribution >= 4 is 29.6 Å². The summed E-state index contributed by atoms with van der Waals surface area (Å²) in [6, 6.07) is 14.5. The quantitative estimate of drug-likeness (QED) is 0.144. The van der Waals surface area contributed by atoms with Crippen LogP contribution >= 0.6 is 11.8 Å². The summed E-state index contributed by atoms with van der Waals surface area (Å²) in [6.45, 7) is 2.01. The Morgan fingerprint density at radius 3 is 2.41 bits per heavy atom. The van der Waals surface area contributed by atoms with Gasteiger partial charge in [-0.25, -0.2) is 9.63 Å². The van der Waals surface area contributed by atoms with Gasteiger partial charge in [-0.2, -0.15) is 11.8 Å². The second-order valence-electron chi connectivity index (χ2n) is 9.12. The lowest BCUT2D eigenvalue weighted by atomic mass is 9.93. The Morgan fingerprint density at radius 1 is 1.05 bits per heavy atom. The smallest absolute Gasteiger partial charge is 0.329 e. The van der Waals surface area contributed by atoms with E-state index in [2.05, 4.69) is 10.2 Å². The van der Waals surface area contributed by atoms with Gasteiger partial charge in [0.1, 0.15) is 18.7 Å². The van der Waals surface area contributed by atoms with Gasteiger partial charge in [0.2, 0.25) is 5.91 Å². The molecule has 0 bridgehead atoms. The van der Waals surface area contributed by atoms with Crippen molar-refractivity contribution in [2.24, 2.45) is 0 Å². The second-order valence-corrected chi connectivity index (χ2v) is 10.3. The van der Waals surface area contributed by atoms with Crippen LogP contribution in [-0.4, -0.2) is 86.5 Å². The third-order valence-electron chi connectivity index (χ3n) is 6.39. The molecule has 2 aromatic rings. The molecular formula is C27H35N3O8S. The summed E-state index contributed by atoms with van der Waals surface area (Å²) in [5.74, 6) is -1.03. The molecule has 212 valence electrons. The summed E-state index contributed by atoms with van der Waals surface area (Å²) in [5.41, 5.74) is 2.90. The standard InChI is InChI=1S/C27H35N3O8S/c1-19(28-23(26(32)33)12-11-20-7-3-2-4-8-20)25(31)29-18-22-10-6-5-9-21(22)17-24(29)27(34)37-13-15-39-16-14-38-30(35)36/h2-10,19,23-24,28,35-36H,11-18H2,1H3,(H,32,33). The molecule has 1 amide bonds. The van der Waals surface area contributed by atoms with Crippen molar-refractivity contribution in [2.45, 2.75) is 50.9 Å². The zero-order chi connectivity index (χ0) is 28.2. The average Bonchev–Trinajstić information content (AvgIpc) is 2.93. The fraction of sp³-hybridized carbons (Fsp3) is 0.444. The van der Waals surface area contributed by atoms with Crippen LogP contribution in [0.5, 0.6) is 0 Å². The van der Waals surface area contributed by atoms with Gasteiger partial charge in [0, 0.05) is 24.5 Å². The van der Waals surface area contributed by atoms with Crippen molar-refractivity contribution in [2.75, 3.05) is 24.7 Å². The molecule has 12 heteroatoms. The van der Waals surface area contributed by atoms with Crippen molar-refractivity contribution in [3.05, 3.63) is 71.3 Å². The van der Waals surface area contributed by atoms with Gasteiger partial charge in [-0.05, 0) is 36.5 Å². The highest BCUT2D eigenvalue weighted by molar-refractivity contribution is 7.99. The zero-order valence-corrected chi connectivity index (χ0v) is 22.6. The Bertz CT molecular complexity index is 1090. The van der Waals surface area contributed by atoms with Crippen molar-refractivity contribution < 1.29 is 39.5 Å². The molecule has 0 saturated carbocycles. The molecule has 3 atom stereocenters. The van der Waals surface area contributed by atoms with Crippen LogP contribution in [0.4, 0.5) is 0 Å². The number of carbonyl (C=O) groups excluding carboxylic acids is 2. The highest BCUT2D eigenvalue weighted by atomic mass is 32.2. The molecule has 0 radical (unpaired) electrons. The lowest BCUT2D eigenvalue weighted by molar-refractivity contribution is -0.490. The van der Waals surface area contributed by atoms with Crippen LogP contribution in [-0.2, 0) is 43.3 Å². The van der Waals surface area contributed by atoms with E-state index in [4.69, 9.17) is 15.2 Å². The number of nitrogens with one attached hydrogen (secondary N) is 1. The van der Waals surface area contributed by atoms with E-state index in [0.29, 0.717) is 30.8 Å². The molecule has 11 nitrogen and oxygen atoms in total. The van der Waals surface area contributed by atoms with Crippen LogP contribution in [0.3, 0.4) is 0 Å². The Morgan fingerprint density at radius 2 is 1.72 bits per heavy atom. The highest BCUT2D eigenvalue weighted by Crippen LogP contribution is 2.25. The molecule has 39 heavy (non-hydrogen) atoms. The van der Waals surface area contributed by atoms with E-state index < -0.39 is 30.1 Å². The first-order valence-electron chi connectivity index (χ1n) is 12.7. The minimum absolute atomic E-state index is 0.0703. The second kappa shape index (κ2) is 15.6. The Kier molecular flexibility index (Phi) is 12.2. The minimum atomic E-state index is -1.04. The number of thioether (sulfide) groups is 1. The average molecular weight is 562 g/mol. The first kappa shape index (κ1) is 30.5. The Balaban J connectivity index is 1.61. The molecular weight excluding hydrogens is 526 g/mol. The van der Waals surface area contributed by atoms with Crippen LogP contribution in [0.25, 0.3) is 0 Å². The van der Waals surface area contributed by atoms with Gasteiger partial charge < -0.3 is 14.7 Å². The first-order valence-corrected chi connectivity index (χ1v) is 13.9. The van der Waals surface area contributed by atoms with Gasteiger partial charge in [-0.1, -0.05) is 54.6 Å². The van der Waals surface area contributed by atoms with Gasteiger partial charge >= 0.3 is 11.9 Å². The van der Waals surface area contributed by atoms with Crippen LogP contribution in [0.2, 0.25) is 0 Å². The molecule has 0 saturated heterocycles. The van der Waals surface area contributed by atoms with Crippen molar-refractivity contribution in [3.63, 3.8) is 0 Å². The number of amides is 1. The van der Waals surface area contributed by atoms with Gasteiger partial charge in [0.25, 0.3) is 0 Å². The predicted octanol–water partition coefficient (Wildman–Crippen LogP) is 2.29.